The molecule has 0 saturated carbocycles. The lowest BCUT2D eigenvalue weighted by molar-refractivity contribution is 0.0702. The number of hydrogen-bond donors (Lipinski definition) is 2. The van der Waals surface area contributed by atoms with Gasteiger partial charge in [-0.25, -0.2) is 9.78 Å². The molecule has 0 spiro atoms. The quantitative estimate of drug-likeness (QED) is 0.760. The number of benzene rings is 1. The van der Waals surface area contributed by atoms with E-state index in [1.165, 1.54) is 5.51 Å². The number of nitrogens with two attached hydrogens (primary N) is 1. The van der Waals surface area contributed by atoms with Crippen molar-refractivity contribution in [1.82, 2.24) is 4.98 Å². The average Bonchev–Trinajstić information content (AvgIpc) is 2.65. The molecule has 76 valence electrons. The lowest BCUT2D eigenvalue weighted by atomic mass is 10.1. The minimum atomic E-state index is -0.963. The first-order chi connectivity index (χ1) is 7.18. The van der Waals surface area contributed by atoms with Crippen LogP contribution in [0.3, 0.4) is 0 Å². The van der Waals surface area contributed by atoms with Crippen LogP contribution >= 0.6 is 11.3 Å². The maximum absolute atomic E-state index is 10.9. The number of nitrogens with zero attached hydrogens (tertiary/aromatic N) is 1. The summed E-state index contributed by atoms with van der Waals surface area (Å²) in [6.45, 7) is 0. The van der Waals surface area contributed by atoms with Gasteiger partial charge in [0.1, 0.15) is 4.88 Å². The summed E-state index contributed by atoms with van der Waals surface area (Å²) in [5.41, 5.74) is 8.93. The summed E-state index contributed by atoms with van der Waals surface area (Å²) in [5, 5.41) is 8.92. The van der Waals surface area contributed by atoms with Crippen LogP contribution in [-0.2, 0) is 0 Å². The molecule has 0 aliphatic carbocycles. The number of carboxylic acid groups (broad SMARTS) is 1. The number of aromatic nitrogens is 1. The third-order valence-corrected chi connectivity index (χ3v) is 2.74. The van der Waals surface area contributed by atoms with Crippen LogP contribution in [0.5, 0.6) is 0 Å². The monoisotopic (exact) mass is 220 g/mol. The second kappa shape index (κ2) is 3.70. The summed E-state index contributed by atoms with van der Waals surface area (Å²) < 4.78 is 0. The Bertz CT molecular complexity index is 508. The van der Waals surface area contributed by atoms with Crippen LogP contribution in [0.4, 0.5) is 5.69 Å². The molecule has 3 N–H and O–H groups in total. The standard InChI is InChI=1S/C10H8N2O2S/c11-7-3-1-2-6(4-7)8-9(10(13)14)15-5-12-8/h1-5H,11H2,(H,13,14). The predicted molar refractivity (Wildman–Crippen MR) is 58.9 cm³/mol. The van der Waals surface area contributed by atoms with Crippen LogP contribution in [0, 0.1) is 0 Å². The number of anilines is 1. The molecule has 0 fully saturated rings. The molecule has 1 aromatic heterocycles. The summed E-state index contributed by atoms with van der Waals surface area (Å²) in [6.07, 6.45) is 0. The van der Waals surface area contributed by atoms with Gasteiger partial charge in [-0.2, -0.15) is 0 Å². The fraction of sp³-hybridized carbons (Fsp3) is 0. The first-order valence-electron chi connectivity index (χ1n) is 4.21. The van der Waals surface area contributed by atoms with Gasteiger partial charge in [0.25, 0.3) is 0 Å². The van der Waals surface area contributed by atoms with E-state index in [0.717, 1.165) is 16.9 Å². The van der Waals surface area contributed by atoms with Crippen molar-refractivity contribution >= 4 is 23.0 Å². The van der Waals surface area contributed by atoms with Crippen LogP contribution in [0.15, 0.2) is 29.8 Å². The molecule has 0 aliphatic heterocycles. The van der Waals surface area contributed by atoms with Crippen molar-refractivity contribution < 1.29 is 9.90 Å². The molecule has 1 heterocycles. The van der Waals surface area contributed by atoms with E-state index in [1.807, 2.05) is 0 Å². The first-order valence-corrected chi connectivity index (χ1v) is 5.09. The van der Waals surface area contributed by atoms with E-state index in [0.29, 0.717) is 11.4 Å². The maximum Gasteiger partial charge on any atom is 0.348 e. The summed E-state index contributed by atoms with van der Waals surface area (Å²) in [6, 6.07) is 7.02. The number of hydrogen-bond acceptors (Lipinski definition) is 4. The van der Waals surface area contributed by atoms with Gasteiger partial charge in [-0.15, -0.1) is 11.3 Å². The summed E-state index contributed by atoms with van der Waals surface area (Å²) in [5.74, 6) is -0.963. The smallest absolute Gasteiger partial charge is 0.348 e. The summed E-state index contributed by atoms with van der Waals surface area (Å²) >= 11 is 1.11. The zero-order chi connectivity index (χ0) is 10.8. The number of nitrogen functional groups attached to an aromatic ring is 1. The van der Waals surface area contributed by atoms with E-state index in [9.17, 15) is 4.79 Å². The van der Waals surface area contributed by atoms with Gasteiger partial charge in [-0.1, -0.05) is 12.1 Å². The highest BCUT2D eigenvalue weighted by Gasteiger charge is 2.14. The Morgan fingerprint density at radius 2 is 2.27 bits per heavy atom. The molecule has 0 radical (unpaired) electrons. The van der Waals surface area contributed by atoms with Gasteiger partial charge in [0.15, 0.2) is 0 Å². The van der Waals surface area contributed by atoms with Crippen LogP contribution in [-0.4, -0.2) is 16.1 Å². The van der Waals surface area contributed by atoms with E-state index < -0.39 is 5.97 Å². The lowest BCUT2D eigenvalue weighted by Gasteiger charge is -2.00. The topological polar surface area (TPSA) is 76.2 Å². The normalized spacial score (nSPS) is 10.1. The molecule has 0 unspecified atom stereocenters. The van der Waals surface area contributed by atoms with E-state index in [2.05, 4.69) is 4.98 Å². The fourth-order valence-corrected chi connectivity index (χ4v) is 1.94. The molecule has 0 amide bonds. The molecule has 0 saturated heterocycles. The van der Waals surface area contributed by atoms with E-state index >= 15 is 0 Å². The second-order valence-corrected chi connectivity index (χ2v) is 3.82. The number of carbonyl (C=O) groups is 1. The zero-order valence-electron chi connectivity index (χ0n) is 7.68. The van der Waals surface area contributed by atoms with E-state index in [1.54, 1.807) is 24.3 Å². The maximum atomic E-state index is 10.9. The van der Waals surface area contributed by atoms with Crippen molar-refractivity contribution in [3.05, 3.63) is 34.7 Å². The summed E-state index contributed by atoms with van der Waals surface area (Å²) in [4.78, 5) is 15.1. The van der Waals surface area contributed by atoms with Gasteiger partial charge < -0.3 is 10.8 Å². The van der Waals surface area contributed by atoms with Crippen LogP contribution in [0.1, 0.15) is 9.67 Å². The van der Waals surface area contributed by atoms with Crippen molar-refractivity contribution in [3.63, 3.8) is 0 Å². The van der Waals surface area contributed by atoms with Crippen molar-refractivity contribution in [3.8, 4) is 11.3 Å². The third-order valence-electron chi connectivity index (χ3n) is 1.92. The molecule has 0 aliphatic rings. The largest absolute Gasteiger partial charge is 0.477 e. The second-order valence-electron chi connectivity index (χ2n) is 2.96. The first kappa shape index (κ1) is 9.67. The van der Waals surface area contributed by atoms with Gasteiger partial charge in [-0.3, -0.25) is 0 Å². The van der Waals surface area contributed by atoms with Gasteiger partial charge in [0, 0.05) is 11.3 Å². The molecule has 4 nitrogen and oxygen atoms in total. The van der Waals surface area contributed by atoms with Crippen molar-refractivity contribution in [2.75, 3.05) is 5.73 Å². The molecular formula is C10H8N2O2S. The van der Waals surface area contributed by atoms with E-state index in [4.69, 9.17) is 10.8 Å². The van der Waals surface area contributed by atoms with Crippen LogP contribution in [0.2, 0.25) is 0 Å². The molecule has 2 rings (SSSR count). The molecular weight excluding hydrogens is 212 g/mol. The van der Waals surface area contributed by atoms with Gasteiger partial charge in [0.2, 0.25) is 0 Å². The molecule has 5 heteroatoms. The fourth-order valence-electron chi connectivity index (χ4n) is 1.29. The molecule has 15 heavy (non-hydrogen) atoms. The average molecular weight is 220 g/mol. The molecule has 0 bridgehead atoms. The highest BCUT2D eigenvalue weighted by Crippen LogP contribution is 2.26. The Balaban J connectivity index is 2.54. The van der Waals surface area contributed by atoms with Gasteiger partial charge in [-0.05, 0) is 12.1 Å². The Morgan fingerprint density at radius 1 is 1.47 bits per heavy atom. The zero-order valence-corrected chi connectivity index (χ0v) is 8.49. The Kier molecular flexibility index (Phi) is 2.39. The SMILES string of the molecule is Nc1cccc(-c2ncsc2C(=O)O)c1. The lowest BCUT2D eigenvalue weighted by Crippen LogP contribution is -1.95. The molecule has 0 atom stereocenters. The number of rotatable bonds is 2. The summed E-state index contributed by atoms with van der Waals surface area (Å²) in [7, 11) is 0. The highest BCUT2D eigenvalue weighted by atomic mass is 32.1. The number of carboxylic acids is 1. The predicted octanol–water partition coefficient (Wildman–Crippen LogP) is 2.09. The number of thiazole rings is 1. The van der Waals surface area contributed by atoms with Crippen molar-refractivity contribution in [2.24, 2.45) is 0 Å². The minimum Gasteiger partial charge on any atom is -0.477 e. The third kappa shape index (κ3) is 1.82. The Labute approximate surface area is 90.0 Å². The minimum absolute atomic E-state index is 0.237. The Morgan fingerprint density at radius 3 is 2.93 bits per heavy atom. The van der Waals surface area contributed by atoms with Crippen LogP contribution < -0.4 is 5.73 Å². The Hall–Kier alpha value is -1.88. The van der Waals surface area contributed by atoms with Gasteiger partial charge >= 0.3 is 5.97 Å². The van der Waals surface area contributed by atoms with Crippen LogP contribution in [0.25, 0.3) is 11.3 Å². The molecule has 1 aromatic carbocycles. The van der Waals surface area contributed by atoms with Crippen molar-refractivity contribution in [1.29, 1.82) is 0 Å². The van der Waals surface area contributed by atoms with E-state index in [-0.39, 0.29) is 4.88 Å². The molecule has 2 aromatic rings. The van der Waals surface area contributed by atoms with Gasteiger partial charge in [0.05, 0.1) is 11.2 Å². The highest BCUT2D eigenvalue weighted by molar-refractivity contribution is 7.12. The number of aromatic carboxylic acids is 1. The van der Waals surface area contributed by atoms with Crippen molar-refractivity contribution in [2.45, 2.75) is 0 Å².